The number of benzene rings is 2. The molecule has 2 aromatic heterocycles. The van der Waals surface area contributed by atoms with Crippen LogP contribution in [-0.2, 0) is 11.3 Å². The van der Waals surface area contributed by atoms with E-state index < -0.39 is 5.60 Å². The molecule has 6 nitrogen and oxygen atoms in total. The third-order valence-corrected chi connectivity index (χ3v) is 5.97. The molecule has 160 valence electrons. The zero-order valence-corrected chi connectivity index (χ0v) is 18.3. The first-order chi connectivity index (χ1) is 14.9. The summed E-state index contributed by atoms with van der Waals surface area (Å²) in [5.74, 6) is 0.506. The highest BCUT2D eigenvalue weighted by atomic mass is 16.6. The second-order valence-electron chi connectivity index (χ2n) is 9.42. The second-order valence-corrected chi connectivity index (χ2v) is 9.42. The first-order valence-corrected chi connectivity index (χ1v) is 10.8. The number of ether oxygens (including phenoxy) is 1. The summed E-state index contributed by atoms with van der Waals surface area (Å²) < 4.78 is 7.27. The Morgan fingerprint density at radius 2 is 2.06 bits per heavy atom. The fraction of sp³-hybridized carbons (Fsp3) is 0.360. The number of para-hydroxylation sites is 1. The maximum absolute atomic E-state index is 12.8. The van der Waals surface area contributed by atoms with E-state index >= 15 is 0 Å². The van der Waals surface area contributed by atoms with Gasteiger partial charge in [0.1, 0.15) is 5.60 Å². The Hall–Kier alpha value is -3.12. The highest BCUT2D eigenvalue weighted by Crippen LogP contribution is 2.31. The standard InChI is InChI=1S/C25H28N4O2/c1-25(2,3)31-24(30)29-15-19(20-6-4-5-7-23(20)29)14-28-11-10-18(13-28)17-8-9-21-22(12-17)27-16-26-21/h4-9,12,15-16,18H,10-11,13-14H2,1-3H3,(H,26,27). The molecule has 3 heterocycles. The number of nitrogens with one attached hydrogen (secondary N) is 1. The summed E-state index contributed by atoms with van der Waals surface area (Å²) in [5.41, 5.74) is 4.99. The number of H-pyrrole nitrogens is 1. The fourth-order valence-corrected chi connectivity index (χ4v) is 4.53. The summed E-state index contributed by atoms with van der Waals surface area (Å²) in [7, 11) is 0. The van der Waals surface area contributed by atoms with Gasteiger partial charge in [-0.05, 0) is 69.0 Å². The Kier molecular flexibility index (Phi) is 4.82. The SMILES string of the molecule is CC(C)(C)OC(=O)n1cc(CN2CCC(c3ccc4nc[nH]c4c3)C2)c2ccccc21. The van der Waals surface area contributed by atoms with Crippen molar-refractivity contribution in [1.29, 1.82) is 0 Å². The van der Waals surface area contributed by atoms with E-state index in [9.17, 15) is 4.79 Å². The number of aromatic nitrogens is 3. The van der Waals surface area contributed by atoms with Crippen molar-refractivity contribution in [3.63, 3.8) is 0 Å². The number of likely N-dealkylation sites (tertiary alicyclic amines) is 1. The number of rotatable bonds is 3. The van der Waals surface area contributed by atoms with E-state index in [4.69, 9.17) is 4.74 Å². The number of hydrogen-bond acceptors (Lipinski definition) is 4. The first-order valence-electron chi connectivity index (χ1n) is 10.8. The molecule has 5 rings (SSSR count). The lowest BCUT2D eigenvalue weighted by Gasteiger charge is -2.19. The number of fused-ring (bicyclic) bond motifs is 2. The fourth-order valence-electron chi connectivity index (χ4n) is 4.53. The lowest BCUT2D eigenvalue weighted by Crippen LogP contribution is -2.26. The van der Waals surface area contributed by atoms with Crippen molar-refractivity contribution in [2.24, 2.45) is 0 Å². The van der Waals surface area contributed by atoms with E-state index in [2.05, 4.69) is 39.1 Å². The van der Waals surface area contributed by atoms with Gasteiger partial charge in [0.25, 0.3) is 0 Å². The van der Waals surface area contributed by atoms with E-state index in [1.54, 1.807) is 10.9 Å². The largest absolute Gasteiger partial charge is 0.443 e. The highest BCUT2D eigenvalue weighted by Gasteiger charge is 2.26. The van der Waals surface area contributed by atoms with E-state index in [1.807, 2.05) is 45.2 Å². The van der Waals surface area contributed by atoms with Crippen LogP contribution in [0.1, 0.15) is 44.2 Å². The van der Waals surface area contributed by atoms with Gasteiger partial charge in [0.2, 0.25) is 0 Å². The highest BCUT2D eigenvalue weighted by molar-refractivity contribution is 5.92. The molecule has 0 bridgehead atoms. The second kappa shape index (κ2) is 7.54. The Labute approximate surface area is 181 Å². The molecule has 2 aromatic carbocycles. The molecule has 4 aromatic rings. The third kappa shape index (κ3) is 3.95. The van der Waals surface area contributed by atoms with Crippen LogP contribution in [0.3, 0.4) is 0 Å². The van der Waals surface area contributed by atoms with Crippen LogP contribution in [0.25, 0.3) is 21.9 Å². The Morgan fingerprint density at radius 3 is 2.90 bits per heavy atom. The molecule has 31 heavy (non-hydrogen) atoms. The van der Waals surface area contributed by atoms with Gasteiger partial charge >= 0.3 is 6.09 Å². The number of imidazole rings is 1. The smallest absolute Gasteiger partial charge is 0.419 e. The van der Waals surface area contributed by atoms with Gasteiger partial charge < -0.3 is 9.72 Å². The van der Waals surface area contributed by atoms with E-state index in [1.165, 1.54) is 5.56 Å². The molecule has 1 fully saturated rings. The number of hydrogen-bond donors (Lipinski definition) is 1. The minimum Gasteiger partial charge on any atom is -0.443 e. The molecule has 0 radical (unpaired) electrons. The van der Waals surface area contributed by atoms with Gasteiger partial charge in [0.15, 0.2) is 0 Å². The monoisotopic (exact) mass is 416 g/mol. The van der Waals surface area contributed by atoms with Crippen LogP contribution in [0.5, 0.6) is 0 Å². The average molecular weight is 417 g/mol. The topological polar surface area (TPSA) is 63.1 Å². The van der Waals surface area contributed by atoms with Crippen molar-refractivity contribution >= 4 is 28.0 Å². The summed E-state index contributed by atoms with van der Waals surface area (Å²) in [6.45, 7) is 8.54. The molecule has 1 N–H and O–H groups in total. The van der Waals surface area contributed by atoms with Crippen molar-refractivity contribution in [3.8, 4) is 0 Å². The summed E-state index contributed by atoms with van der Waals surface area (Å²) in [4.78, 5) is 22.8. The van der Waals surface area contributed by atoms with Crippen LogP contribution in [0.15, 0.2) is 55.0 Å². The minimum atomic E-state index is -0.527. The number of aromatic amines is 1. The molecule has 6 heteroatoms. The lowest BCUT2D eigenvalue weighted by atomic mass is 9.98. The van der Waals surface area contributed by atoms with Crippen LogP contribution in [0, 0.1) is 0 Å². The van der Waals surface area contributed by atoms with E-state index in [-0.39, 0.29) is 6.09 Å². The number of carbonyl (C=O) groups is 1. The maximum atomic E-state index is 12.8. The summed E-state index contributed by atoms with van der Waals surface area (Å²) in [5, 5.41) is 1.11. The van der Waals surface area contributed by atoms with Gasteiger partial charge in [-0.15, -0.1) is 0 Å². The molecular formula is C25H28N4O2. The van der Waals surface area contributed by atoms with Gasteiger partial charge in [0, 0.05) is 24.7 Å². The molecule has 1 saturated heterocycles. The van der Waals surface area contributed by atoms with Crippen molar-refractivity contribution in [3.05, 3.63) is 66.1 Å². The maximum Gasteiger partial charge on any atom is 0.419 e. The molecule has 1 atom stereocenters. The van der Waals surface area contributed by atoms with E-state index in [0.717, 1.165) is 53.6 Å². The van der Waals surface area contributed by atoms with Crippen LogP contribution in [-0.4, -0.2) is 44.2 Å². The van der Waals surface area contributed by atoms with Crippen molar-refractivity contribution < 1.29 is 9.53 Å². The Balaban J connectivity index is 1.36. The number of nitrogens with zero attached hydrogens (tertiary/aromatic N) is 3. The zero-order chi connectivity index (χ0) is 21.6. The first kappa shape index (κ1) is 19.8. The summed E-state index contributed by atoms with van der Waals surface area (Å²) in [6.07, 6.45) is 4.49. The molecule has 0 aliphatic carbocycles. The molecule has 1 aliphatic rings. The molecule has 0 amide bonds. The van der Waals surface area contributed by atoms with Crippen LogP contribution >= 0.6 is 0 Å². The third-order valence-electron chi connectivity index (χ3n) is 5.97. The predicted molar refractivity (Wildman–Crippen MR) is 122 cm³/mol. The Morgan fingerprint density at radius 1 is 1.23 bits per heavy atom. The predicted octanol–water partition coefficient (Wildman–Crippen LogP) is 5.29. The van der Waals surface area contributed by atoms with Gasteiger partial charge in [-0.1, -0.05) is 24.3 Å². The van der Waals surface area contributed by atoms with Crippen molar-refractivity contribution in [2.45, 2.75) is 45.3 Å². The minimum absolute atomic E-state index is 0.331. The van der Waals surface area contributed by atoms with E-state index in [0.29, 0.717) is 5.92 Å². The van der Waals surface area contributed by atoms with Gasteiger partial charge in [-0.2, -0.15) is 0 Å². The average Bonchev–Trinajstić information content (AvgIpc) is 3.45. The van der Waals surface area contributed by atoms with Gasteiger partial charge in [-0.25, -0.2) is 9.78 Å². The normalized spacial score (nSPS) is 17.6. The van der Waals surface area contributed by atoms with Gasteiger partial charge in [0.05, 0.1) is 22.9 Å². The van der Waals surface area contributed by atoms with Crippen molar-refractivity contribution in [2.75, 3.05) is 13.1 Å². The van der Waals surface area contributed by atoms with Crippen LogP contribution < -0.4 is 0 Å². The zero-order valence-electron chi connectivity index (χ0n) is 18.3. The number of carbonyl (C=O) groups excluding carboxylic acids is 1. The molecular weight excluding hydrogens is 388 g/mol. The Bertz CT molecular complexity index is 1250. The molecule has 0 spiro atoms. The molecule has 1 aliphatic heterocycles. The molecule has 1 unspecified atom stereocenters. The summed E-state index contributed by atoms with van der Waals surface area (Å²) in [6, 6.07) is 14.6. The van der Waals surface area contributed by atoms with Gasteiger partial charge in [-0.3, -0.25) is 9.47 Å². The van der Waals surface area contributed by atoms with Crippen molar-refractivity contribution in [1.82, 2.24) is 19.4 Å². The van der Waals surface area contributed by atoms with Crippen LogP contribution in [0.4, 0.5) is 4.79 Å². The molecule has 0 saturated carbocycles. The quantitative estimate of drug-likeness (QED) is 0.493. The summed E-state index contributed by atoms with van der Waals surface area (Å²) >= 11 is 0. The lowest BCUT2D eigenvalue weighted by molar-refractivity contribution is 0.0544. The van der Waals surface area contributed by atoms with Crippen LogP contribution in [0.2, 0.25) is 0 Å².